The summed E-state index contributed by atoms with van der Waals surface area (Å²) in [5, 5.41) is 0. The average molecular weight is 296 g/mol. The summed E-state index contributed by atoms with van der Waals surface area (Å²) in [6, 6.07) is 15.4. The van der Waals surface area contributed by atoms with Crippen LogP contribution in [0, 0.1) is 0 Å². The Hall–Kier alpha value is -2.49. The first kappa shape index (κ1) is 14.4. The number of rotatable bonds is 2. The Morgan fingerprint density at radius 1 is 1.14 bits per heavy atom. The quantitative estimate of drug-likeness (QED) is 0.853. The molecule has 0 N–H and O–H groups in total. The number of anilines is 2. The number of carbonyl (C=O) groups excluding carboxylic acids is 1. The van der Waals surface area contributed by atoms with Crippen molar-refractivity contribution in [2.24, 2.45) is 0 Å². The fraction of sp³-hybridized carbons (Fsp3) is 0.278. The van der Waals surface area contributed by atoms with Gasteiger partial charge in [-0.1, -0.05) is 12.1 Å². The first-order chi connectivity index (χ1) is 10.6. The van der Waals surface area contributed by atoms with Gasteiger partial charge in [-0.2, -0.15) is 0 Å². The standard InChI is InChI=1S/C18H20N2O2/c1-13-12-22-17-7-5-4-6-16(17)20(13)18(21)14-8-10-15(11-9-14)19(2)3/h4-11,13H,12H2,1-3H3. The molecule has 1 atom stereocenters. The molecule has 1 amide bonds. The highest BCUT2D eigenvalue weighted by Gasteiger charge is 2.29. The second-order valence-corrected chi connectivity index (χ2v) is 5.74. The van der Waals surface area contributed by atoms with E-state index in [4.69, 9.17) is 4.74 Å². The number of hydrogen-bond donors (Lipinski definition) is 0. The van der Waals surface area contributed by atoms with Gasteiger partial charge in [0.05, 0.1) is 11.7 Å². The van der Waals surface area contributed by atoms with E-state index in [9.17, 15) is 4.79 Å². The van der Waals surface area contributed by atoms with Crippen LogP contribution in [0.25, 0.3) is 0 Å². The summed E-state index contributed by atoms with van der Waals surface area (Å²) in [6.45, 7) is 2.51. The highest BCUT2D eigenvalue weighted by molar-refractivity contribution is 6.07. The van der Waals surface area contributed by atoms with Crippen LogP contribution in [0.5, 0.6) is 5.75 Å². The molecular formula is C18H20N2O2. The van der Waals surface area contributed by atoms with Gasteiger partial charge < -0.3 is 9.64 Å². The molecule has 3 rings (SSSR count). The smallest absolute Gasteiger partial charge is 0.258 e. The van der Waals surface area contributed by atoms with Crippen LogP contribution in [0.2, 0.25) is 0 Å². The first-order valence-corrected chi connectivity index (χ1v) is 7.40. The van der Waals surface area contributed by atoms with Crippen molar-refractivity contribution in [1.82, 2.24) is 0 Å². The van der Waals surface area contributed by atoms with Gasteiger partial charge in [-0.15, -0.1) is 0 Å². The highest BCUT2D eigenvalue weighted by atomic mass is 16.5. The van der Waals surface area contributed by atoms with Gasteiger partial charge in [0.25, 0.3) is 5.91 Å². The maximum Gasteiger partial charge on any atom is 0.258 e. The molecule has 4 heteroatoms. The van der Waals surface area contributed by atoms with Crippen molar-refractivity contribution in [1.29, 1.82) is 0 Å². The Labute approximate surface area is 130 Å². The Morgan fingerprint density at radius 3 is 2.50 bits per heavy atom. The molecule has 1 aliphatic heterocycles. The number of hydrogen-bond acceptors (Lipinski definition) is 3. The van der Waals surface area contributed by atoms with Gasteiger partial charge in [0.2, 0.25) is 0 Å². The van der Waals surface area contributed by atoms with E-state index in [1.165, 1.54) is 0 Å². The molecular weight excluding hydrogens is 276 g/mol. The monoisotopic (exact) mass is 296 g/mol. The van der Waals surface area contributed by atoms with Crippen LogP contribution in [0.4, 0.5) is 11.4 Å². The highest BCUT2D eigenvalue weighted by Crippen LogP contribution is 2.34. The zero-order valence-electron chi connectivity index (χ0n) is 13.1. The van der Waals surface area contributed by atoms with E-state index in [1.807, 2.05) is 79.3 Å². The molecule has 0 fully saturated rings. The zero-order valence-corrected chi connectivity index (χ0v) is 13.1. The van der Waals surface area contributed by atoms with E-state index in [-0.39, 0.29) is 11.9 Å². The lowest BCUT2D eigenvalue weighted by atomic mass is 10.1. The van der Waals surface area contributed by atoms with Crippen molar-refractivity contribution in [2.75, 3.05) is 30.5 Å². The van der Waals surface area contributed by atoms with Crippen molar-refractivity contribution in [3.05, 3.63) is 54.1 Å². The Balaban J connectivity index is 1.94. The third-order valence-corrected chi connectivity index (χ3v) is 3.90. The lowest BCUT2D eigenvalue weighted by Crippen LogP contribution is -2.45. The van der Waals surface area contributed by atoms with Gasteiger partial charge in [-0.3, -0.25) is 9.69 Å². The van der Waals surface area contributed by atoms with Crippen molar-refractivity contribution in [3.8, 4) is 5.75 Å². The van der Waals surface area contributed by atoms with Crippen LogP contribution < -0.4 is 14.5 Å². The molecule has 0 aromatic heterocycles. The minimum absolute atomic E-state index is 0.00792. The molecule has 114 valence electrons. The predicted octanol–water partition coefficient (Wildman–Crippen LogP) is 3.18. The van der Waals surface area contributed by atoms with Crippen LogP contribution >= 0.6 is 0 Å². The summed E-state index contributed by atoms with van der Waals surface area (Å²) in [7, 11) is 3.97. The number of para-hydroxylation sites is 2. The molecule has 22 heavy (non-hydrogen) atoms. The molecule has 0 saturated carbocycles. The maximum atomic E-state index is 12.9. The van der Waals surface area contributed by atoms with Crippen LogP contribution in [0.15, 0.2) is 48.5 Å². The van der Waals surface area contributed by atoms with Gasteiger partial charge in [-0.05, 0) is 43.3 Å². The van der Waals surface area contributed by atoms with E-state index < -0.39 is 0 Å². The van der Waals surface area contributed by atoms with E-state index in [1.54, 1.807) is 0 Å². The summed E-state index contributed by atoms with van der Waals surface area (Å²) >= 11 is 0. The summed E-state index contributed by atoms with van der Waals surface area (Å²) < 4.78 is 5.70. The van der Waals surface area contributed by atoms with Crippen molar-refractivity contribution < 1.29 is 9.53 Å². The van der Waals surface area contributed by atoms with Crippen molar-refractivity contribution >= 4 is 17.3 Å². The summed E-state index contributed by atoms with van der Waals surface area (Å²) in [6.07, 6.45) is 0. The molecule has 1 aliphatic rings. The maximum absolute atomic E-state index is 12.9. The predicted molar refractivity (Wildman–Crippen MR) is 89.0 cm³/mol. The van der Waals surface area contributed by atoms with Gasteiger partial charge in [0.15, 0.2) is 0 Å². The fourth-order valence-corrected chi connectivity index (χ4v) is 2.65. The van der Waals surface area contributed by atoms with Gasteiger partial charge in [0, 0.05) is 25.3 Å². The lowest BCUT2D eigenvalue weighted by Gasteiger charge is -2.35. The second-order valence-electron chi connectivity index (χ2n) is 5.74. The van der Waals surface area contributed by atoms with Crippen LogP contribution in [0.1, 0.15) is 17.3 Å². The minimum atomic E-state index is 0.00792. The second kappa shape index (κ2) is 5.72. The minimum Gasteiger partial charge on any atom is -0.489 e. The molecule has 1 heterocycles. The zero-order chi connectivity index (χ0) is 15.7. The molecule has 0 bridgehead atoms. The normalized spacial score (nSPS) is 16.7. The van der Waals surface area contributed by atoms with Crippen molar-refractivity contribution in [3.63, 3.8) is 0 Å². The van der Waals surface area contributed by atoms with Crippen LogP contribution in [0.3, 0.4) is 0 Å². The molecule has 0 aliphatic carbocycles. The Bertz CT molecular complexity index is 680. The summed E-state index contributed by atoms with van der Waals surface area (Å²) in [5.74, 6) is 0.771. The van der Waals surface area contributed by atoms with E-state index in [0.717, 1.165) is 17.1 Å². The number of nitrogens with zero attached hydrogens (tertiary/aromatic N) is 2. The number of benzene rings is 2. The van der Waals surface area contributed by atoms with E-state index in [2.05, 4.69) is 0 Å². The number of fused-ring (bicyclic) bond motifs is 1. The first-order valence-electron chi connectivity index (χ1n) is 7.40. The molecule has 0 saturated heterocycles. The molecule has 4 nitrogen and oxygen atoms in total. The number of amides is 1. The number of ether oxygens (including phenoxy) is 1. The molecule has 2 aromatic carbocycles. The Morgan fingerprint density at radius 2 is 1.82 bits per heavy atom. The largest absolute Gasteiger partial charge is 0.489 e. The van der Waals surface area contributed by atoms with Gasteiger partial charge >= 0.3 is 0 Å². The topological polar surface area (TPSA) is 32.8 Å². The Kier molecular flexibility index (Phi) is 3.75. The number of carbonyl (C=O) groups is 1. The molecule has 0 radical (unpaired) electrons. The summed E-state index contributed by atoms with van der Waals surface area (Å²) in [4.78, 5) is 16.7. The summed E-state index contributed by atoms with van der Waals surface area (Å²) in [5.41, 5.74) is 2.60. The molecule has 0 spiro atoms. The van der Waals surface area contributed by atoms with Gasteiger partial charge in [0.1, 0.15) is 12.4 Å². The third-order valence-electron chi connectivity index (χ3n) is 3.90. The van der Waals surface area contributed by atoms with Crippen molar-refractivity contribution in [2.45, 2.75) is 13.0 Å². The van der Waals surface area contributed by atoms with Crippen LogP contribution in [-0.4, -0.2) is 32.7 Å². The third kappa shape index (κ3) is 2.52. The molecule has 1 unspecified atom stereocenters. The lowest BCUT2D eigenvalue weighted by molar-refractivity contribution is 0.0961. The molecule has 2 aromatic rings. The van der Waals surface area contributed by atoms with Gasteiger partial charge in [-0.25, -0.2) is 0 Å². The SMILES string of the molecule is CC1COc2ccccc2N1C(=O)c1ccc(N(C)C)cc1. The average Bonchev–Trinajstić information content (AvgIpc) is 2.54. The fourth-order valence-electron chi connectivity index (χ4n) is 2.65. The van der Waals surface area contributed by atoms with E-state index in [0.29, 0.717) is 12.2 Å². The van der Waals surface area contributed by atoms with Crippen LogP contribution in [-0.2, 0) is 0 Å². The van der Waals surface area contributed by atoms with E-state index >= 15 is 0 Å².